The summed E-state index contributed by atoms with van der Waals surface area (Å²) in [6, 6.07) is 8.06. The SMILES string of the molecule is CCCCCCCCNC(=O)c1c2c(nc3ccccc13)CCN(CC)C2. The second-order valence-electron chi connectivity index (χ2n) is 7.57. The highest BCUT2D eigenvalue weighted by Crippen LogP contribution is 2.28. The van der Waals surface area contributed by atoms with Crippen LogP contribution in [-0.4, -0.2) is 35.4 Å². The fourth-order valence-electron chi connectivity index (χ4n) is 3.97. The lowest BCUT2D eigenvalue weighted by atomic mass is 9.95. The Morgan fingerprint density at radius 3 is 2.70 bits per heavy atom. The zero-order valence-electron chi connectivity index (χ0n) is 16.9. The molecule has 3 rings (SSSR count). The lowest BCUT2D eigenvalue weighted by Gasteiger charge is -2.29. The molecule has 1 aromatic carbocycles. The molecule has 0 saturated carbocycles. The molecular weight excluding hydrogens is 334 g/mol. The van der Waals surface area contributed by atoms with Crippen molar-refractivity contribution < 1.29 is 4.79 Å². The molecule has 1 amide bonds. The van der Waals surface area contributed by atoms with Crippen LogP contribution >= 0.6 is 0 Å². The van der Waals surface area contributed by atoms with Crippen LogP contribution in [0.25, 0.3) is 10.9 Å². The number of fused-ring (bicyclic) bond motifs is 2. The second-order valence-corrected chi connectivity index (χ2v) is 7.57. The summed E-state index contributed by atoms with van der Waals surface area (Å²) in [5, 5.41) is 4.16. The maximum absolute atomic E-state index is 13.1. The second kappa shape index (κ2) is 9.84. The number of rotatable bonds is 9. The average molecular weight is 368 g/mol. The van der Waals surface area contributed by atoms with E-state index >= 15 is 0 Å². The first-order valence-corrected chi connectivity index (χ1v) is 10.7. The summed E-state index contributed by atoms with van der Waals surface area (Å²) in [6.07, 6.45) is 8.33. The Balaban J connectivity index is 1.75. The van der Waals surface area contributed by atoms with Crippen LogP contribution in [0.2, 0.25) is 0 Å². The van der Waals surface area contributed by atoms with E-state index < -0.39 is 0 Å². The van der Waals surface area contributed by atoms with Gasteiger partial charge in [0.1, 0.15) is 0 Å². The number of para-hydroxylation sites is 1. The molecule has 1 aliphatic rings. The van der Waals surface area contributed by atoms with Crippen molar-refractivity contribution in [2.24, 2.45) is 0 Å². The molecule has 0 spiro atoms. The molecule has 4 heteroatoms. The Morgan fingerprint density at radius 1 is 1.11 bits per heavy atom. The summed E-state index contributed by atoms with van der Waals surface area (Å²) >= 11 is 0. The maximum atomic E-state index is 13.1. The molecule has 0 saturated heterocycles. The molecule has 0 atom stereocenters. The monoisotopic (exact) mass is 367 g/mol. The van der Waals surface area contributed by atoms with Crippen molar-refractivity contribution in [3.05, 3.63) is 41.1 Å². The molecule has 0 radical (unpaired) electrons. The van der Waals surface area contributed by atoms with E-state index in [1.54, 1.807) is 0 Å². The fraction of sp³-hybridized carbons (Fsp3) is 0.565. The number of hydrogen-bond acceptors (Lipinski definition) is 3. The molecule has 4 nitrogen and oxygen atoms in total. The highest BCUT2D eigenvalue weighted by molar-refractivity contribution is 6.07. The number of nitrogens with zero attached hydrogens (tertiary/aromatic N) is 2. The van der Waals surface area contributed by atoms with Gasteiger partial charge in [0.15, 0.2) is 0 Å². The molecule has 1 aromatic heterocycles. The third-order valence-electron chi connectivity index (χ3n) is 5.62. The Kier molecular flexibility index (Phi) is 7.22. The number of nitrogens with one attached hydrogen (secondary N) is 1. The van der Waals surface area contributed by atoms with E-state index in [0.717, 1.165) is 66.7 Å². The standard InChI is InChI=1S/C23H33N3O/c1-3-5-6-7-8-11-15-24-23(27)22-18-12-9-10-13-20(18)25-21-14-16-26(4-2)17-19(21)22/h9-10,12-13H,3-8,11,14-17H2,1-2H3,(H,24,27). The van der Waals surface area contributed by atoms with Crippen LogP contribution < -0.4 is 5.32 Å². The first kappa shape index (κ1) is 19.8. The fourth-order valence-corrected chi connectivity index (χ4v) is 3.97. The number of carbonyl (C=O) groups is 1. The summed E-state index contributed by atoms with van der Waals surface area (Å²) in [5.41, 5.74) is 4.01. The van der Waals surface area contributed by atoms with E-state index in [1.165, 1.54) is 32.1 Å². The number of amides is 1. The first-order valence-electron chi connectivity index (χ1n) is 10.7. The van der Waals surface area contributed by atoms with Gasteiger partial charge in [-0.1, -0.05) is 64.2 Å². The van der Waals surface area contributed by atoms with E-state index in [4.69, 9.17) is 4.98 Å². The predicted molar refractivity (Wildman–Crippen MR) is 112 cm³/mol. The third-order valence-corrected chi connectivity index (χ3v) is 5.62. The van der Waals surface area contributed by atoms with E-state index in [2.05, 4.69) is 24.1 Å². The van der Waals surface area contributed by atoms with Gasteiger partial charge in [0, 0.05) is 42.7 Å². The van der Waals surface area contributed by atoms with E-state index in [1.807, 2.05) is 24.3 Å². The molecule has 146 valence electrons. The van der Waals surface area contributed by atoms with Gasteiger partial charge in [-0.3, -0.25) is 14.7 Å². The average Bonchev–Trinajstić information content (AvgIpc) is 2.70. The number of hydrogen-bond donors (Lipinski definition) is 1. The smallest absolute Gasteiger partial charge is 0.252 e. The largest absolute Gasteiger partial charge is 0.352 e. The number of pyridine rings is 1. The molecule has 0 bridgehead atoms. The zero-order chi connectivity index (χ0) is 19.1. The summed E-state index contributed by atoms with van der Waals surface area (Å²) in [4.78, 5) is 20.4. The van der Waals surface area contributed by atoms with Crippen LogP contribution in [-0.2, 0) is 13.0 Å². The molecule has 1 N–H and O–H groups in total. The van der Waals surface area contributed by atoms with Crippen LogP contribution in [0.4, 0.5) is 0 Å². The Hall–Kier alpha value is -1.94. The highest BCUT2D eigenvalue weighted by Gasteiger charge is 2.24. The van der Waals surface area contributed by atoms with Crippen molar-refractivity contribution in [2.45, 2.75) is 65.3 Å². The maximum Gasteiger partial charge on any atom is 0.252 e. The molecule has 0 aliphatic carbocycles. The summed E-state index contributed by atoms with van der Waals surface area (Å²) < 4.78 is 0. The van der Waals surface area contributed by atoms with Crippen molar-refractivity contribution in [2.75, 3.05) is 19.6 Å². The molecule has 2 aromatic rings. The molecule has 0 unspecified atom stereocenters. The van der Waals surface area contributed by atoms with Crippen molar-refractivity contribution in [1.82, 2.24) is 15.2 Å². The van der Waals surface area contributed by atoms with Gasteiger partial charge in [0.25, 0.3) is 5.91 Å². The zero-order valence-corrected chi connectivity index (χ0v) is 16.9. The number of aromatic nitrogens is 1. The van der Waals surface area contributed by atoms with E-state index in [-0.39, 0.29) is 5.91 Å². The van der Waals surface area contributed by atoms with Gasteiger partial charge in [0.05, 0.1) is 11.1 Å². The highest BCUT2D eigenvalue weighted by atomic mass is 16.1. The summed E-state index contributed by atoms with van der Waals surface area (Å²) in [5.74, 6) is 0.0661. The van der Waals surface area contributed by atoms with E-state index in [0.29, 0.717) is 0 Å². The lowest BCUT2D eigenvalue weighted by molar-refractivity contribution is 0.0951. The summed E-state index contributed by atoms with van der Waals surface area (Å²) in [7, 11) is 0. The number of carbonyl (C=O) groups excluding carboxylic acids is 1. The first-order chi connectivity index (χ1) is 13.2. The van der Waals surface area contributed by atoms with Crippen molar-refractivity contribution in [1.29, 1.82) is 0 Å². The quantitative estimate of drug-likeness (QED) is 0.653. The lowest BCUT2D eigenvalue weighted by Crippen LogP contribution is -2.34. The Morgan fingerprint density at radius 2 is 1.89 bits per heavy atom. The van der Waals surface area contributed by atoms with Crippen LogP contribution in [0, 0.1) is 0 Å². The molecular formula is C23H33N3O. The molecule has 27 heavy (non-hydrogen) atoms. The predicted octanol–water partition coefficient (Wildman–Crippen LogP) is 4.70. The van der Waals surface area contributed by atoms with Gasteiger partial charge in [0.2, 0.25) is 0 Å². The van der Waals surface area contributed by atoms with Crippen LogP contribution in [0.15, 0.2) is 24.3 Å². The van der Waals surface area contributed by atoms with Crippen LogP contribution in [0.1, 0.15) is 74.0 Å². The van der Waals surface area contributed by atoms with Gasteiger partial charge in [-0.25, -0.2) is 0 Å². The molecule has 1 aliphatic heterocycles. The van der Waals surface area contributed by atoms with Gasteiger partial charge < -0.3 is 5.32 Å². The van der Waals surface area contributed by atoms with Gasteiger partial charge in [-0.15, -0.1) is 0 Å². The number of unbranched alkanes of at least 4 members (excludes halogenated alkanes) is 5. The van der Waals surface area contributed by atoms with Crippen molar-refractivity contribution in [3.8, 4) is 0 Å². The summed E-state index contributed by atoms with van der Waals surface area (Å²) in [6.45, 7) is 8.02. The van der Waals surface area contributed by atoms with Crippen molar-refractivity contribution in [3.63, 3.8) is 0 Å². The van der Waals surface area contributed by atoms with Crippen LogP contribution in [0.3, 0.4) is 0 Å². The number of benzene rings is 1. The van der Waals surface area contributed by atoms with Crippen molar-refractivity contribution >= 4 is 16.8 Å². The minimum Gasteiger partial charge on any atom is -0.352 e. The van der Waals surface area contributed by atoms with Gasteiger partial charge in [-0.2, -0.15) is 0 Å². The minimum atomic E-state index is 0.0661. The normalized spacial score (nSPS) is 14.3. The van der Waals surface area contributed by atoms with E-state index in [9.17, 15) is 4.79 Å². The van der Waals surface area contributed by atoms with Gasteiger partial charge in [-0.05, 0) is 19.0 Å². The molecule has 0 fully saturated rings. The Labute approximate surface area is 163 Å². The van der Waals surface area contributed by atoms with Crippen LogP contribution in [0.5, 0.6) is 0 Å². The number of likely N-dealkylation sites (N-methyl/N-ethyl adjacent to an activating group) is 1. The molecule has 2 heterocycles. The third kappa shape index (κ3) is 4.86. The van der Waals surface area contributed by atoms with Gasteiger partial charge >= 0.3 is 0 Å². The Bertz CT molecular complexity index is 772. The topological polar surface area (TPSA) is 45.2 Å². The minimum absolute atomic E-state index is 0.0661.